The first-order valence-corrected chi connectivity index (χ1v) is 7.33. The van der Waals surface area contributed by atoms with Crippen molar-refractivity contribution >= 4 is 5.91 Å². The Morgan fingerprint density at radius 2 is 2.09 bits per heavy atom. The maximum Gasteiger partial charge on any atom is 0.273 e. The summed E-state index contributed by atoms with van der Waals surface area (Å²) in [5, 5.41) is 6.80. The van der Waals surface area contributed by atoms with Gasteiger partial charge in [0.2, 0.25) is 0 Å². The summed E-state index contributed by atoms with van der Waals surface area (Å²) in [4.78, 5) is 16.3. The van der Waals surface area contributed by atoms with Crippen molar-refractivity contribution in [3.63, 3.8) is 0 Å². The molecule has 2 rings (SSSR count). The molecule has 1 amide bonds. The van der Waals surface area contributed by atoms with Gasteiger partial charge in [0.25, 0.3) is 5.91 Å². The van der Waals surface area contributed by atoms with E-state index in [0.29, 0.717) is 18.2 Å². The van der Waals surface area contributed by atoms with Gasteiger partial charge in [-0.15, -0.1) is 0 Å². The van der Waals surface area contributed by atoms with Gasteiger partial charge in [0, 0.05) is 30.6 Å². The average Bonchev–Trinajstić information content (AvgIpc) is 2.97. The van der Waals surface area contributed by atoms with Crippen molar-refractivity contribution in [2.24, 2.45) is 11.7 Å². The molecule has 22 heavy (non-hydrogen) atoms. The normalized spacial score (nSPS) is 13.9. The Morgan fingerprint density at radius 3 is 2.68 bits per heavy atom. The van der Waals surface area contributed by atoms with Crippen molar-refractivity contribution in [1.82, 2.24) is 15.5 Å². The summed E-state index contributed by atoms with van der Waals surface area (Å²) in [5.74, 6) is 0.682. The van der Waals surface area contributed by atoms with Crippen LogP contribution in [0, 0.1) is 5.92 Å². The molecule has 2 aromatic rings. The van der Waals surface area contributed by atoms with E-state index in [-0.39, 0.29) is 11.6 Å². The van der Waals surface area contributed by atoms with Gasteiger partial charge in [-0.3, -0.25) is 9.78 Å². The van der Waals surface area contributed by atoms with E-state index in [0.717, 1.165) is 12.0 Å². The number of pyridine rings is 1. The maximum absolute atomic E-state index is 12.3. The molecule has 0 saturated heterocycles. The Hall–Kier alpha value is -2.21. The zero-order valence-corrected chi connectivity index (χ0v) is 13.2. The third kappa shape index (κ3) is 3.92. The monoisotopic (exact) mass is 302 g/mol. The summed E-state index contributed by atoms with van der Waals surface area (Å²) in [6.07, 6.45) is 4.11. The van der Waals surface area contributed by atoms with Gasteiger partial charge in [0.15, 0.2) is 11.5 Å². The van der Waals surface area contributed by atoms with E-state index in [1.807, 2.05) is 6.92 Å². The minimum atomic E-state index is -0.457. The van der Waals surface area contributed by atoms with E-state index in [9.17, 15) is 4.79 Å². The van der Waals surface area contributed by atoms with Gasteiger partial charge in [-0.25, -0.2) is 0 Å². The predicted molar refractivity (Wildman–Crippen MR) is 84.1 cm³/mol. The van der Waals surface area contributed by atoms with Crippen molar-refractivity contribution in [2.45, 2.75) is 32.7 Å². The molecule has 3 N–H and O–H groups in total. The van der Waals surface area contributed by atoms with Gasteiger partial charge in [-0.05, 0) is 31.4 Å². The van der Waals surface area contributed by atoms with Gasteiger partial charge in [-0.1, -0.05) is 19.0 Å². The molecule has 0 fully saturated rings. The lowest BCUT2D eigenvalue weighted by Gasteiger charge is -2.30. The summed E-state index contributed by atoms with van der Waals surface area (Å²) in [7, 11) is 0. The summed E-state index contributed by atoms with van der Waals surface area (Å²) in [6, 6.07) is 5.22. The Balaban J connectivity index is 2.12. The standard InChI is InChI=1S/C16H22N4O2/c1-11(2)9-16(3,10-17)19-15(21)13-8-14(22-20-13)12-4-6-18-7-5-12/h4-8,11H,9-10,17H2,1-3H3,(H,19,21). The topological polar surface area (TPSA) is 94.0 Å². The molecule has 118 valence electrons. The fraction of sp³-hybridized carbons (Fsp3) is 0.438. The molecular formula is C16H22N4O2. The first kappa shape index (κ1) is 16.2. The lowest BCUT2D eigenvalue weighted by molar-refractivity contribution is 0.0889. The summed E-state index contributed by atoms with van der Waals surface area (Å²) >= 11 is 0. The van der Waals surface area contributed by atoms with Crippen LogP contribution in [0.3, 0.4) is 0 Å². The first-order valence-electron chi connectivity index (χ1n) is 7.33. The second kappa shape index (κ2) is 6.70. The van der Waals surface area contributed by atoms with E-state index in [2.05, 4.69) is 29.3 Å². The van der Waals surface area contributed by atoms with Crippen molar-refractivity contribution < 1.29 is 9.32 Å². The number of hydrogen-bond acceptors (Lipinski definition) is 5. The number of nitrogens with zero attached hydrogens (tertiary/aromatic N) is 2. The summed E-state index contributed by atoms with van der Waals surface area (Å²) in [5.41, 5.74) is 6.43. The van der Waals surface area contributed by atoms with E-state index in [4.69, 9.17) is 10.3 Å². The van der Waals surface area contributed by atoms with Crippen molar-refractivity contribution in [1.29, 1.82) is 0 Å². The van der Waals surface area contributed by atoms with Crippen LogP contribution in [0.25, 0.3) is 11.3 Å². The van der Waals surface area contributed by atoms with Gasteiger partial charge < -0.3 is 15.6 Å². The third-order valence-electron chi connectivity index (χ3n) is 3.43. The highest BCUT2D eigenvalue weighted by Crippen LogP contribution is 2.20. The molecule has 0 aliphatic rings. The Kier molecular flexibility index (Phi) is 4.92. The van der Waals surface area contributed by atoms with Gasteiger partial charge in [0.05, 0.1) is 5.54 Å². The maximum atomic E-state index is 12.3. The molecule has 0 aliphatic heterocycles. The summed E-state index contributed by atoms with van der Waals surface area (Å²) in [6.45, 7) is 6.50. The minimum absolute atomic E-state index is 0.246. The van der Waals surface area contributed by atoms with Crippen LogP contribution < -0.4 is 11.1 Å². The average molecular weight is 302 g/mol. The molecule has 0 aromatic carbocycles. The van der Waals surface area contributed by atoms with E-state index < -0.39 is 5.54 Å². The quantitative estimate of drug-likeness (QED) is 0.853. The highest BCUT2D eigenvalue weighted by Gasteiger charge is 2.27. The van der Waals surface area contributed by atoms with Crippen LogP contribution in [0.4, 0.5) is 0 Å². The molecule has 0 radical (unpaired) electrons. The fourth-order valence-corrected chi connectivity index (χ4v) is 2.46. The number of carbonyl (C=O) groups is 1. The molecule has 0 bridgehead atoms. The second-order valence-electron chi connectivity index (χ2n) is 6.13. The highest BCUT2D eigenvalue weighted by molar-refractivity contribution is 5.93. The van der Waals surface area contributed by atoms with Gasteiger partial charge in [0.1, 0.15) is 0 Å². The fourth-order valence-electron chi connectivity index (χ4n) is 2.46. The number of rotatable bonds is 6. The molecule has 2 aromatic heterocycles. The van der Waals surface area contributed by atoms with Crippen LogP contribution in [0.5, 0.6) is 0 Å². The molecule has 6 heteroatoms. The van der Waals surface area contributed by atoms with E-state index >= 15 is 0 Å². The molecule has 0 aliphatic carbocycles. The SMILES string of the molecule is CC(C)CC(C)(CN)NC(=O)c1cc(-c2ccncc2)on1. The van der Waals surface area contributed by atoms with E-state index in [1.165, 1.54) is 0 Å². The van der Waals surface area contributed by atoms with Crippen molar-refractivity contribution in [3.05, 3.63) is 36.3 Å². The first-order chi connectivity index (χ1) is 10.4. The molecule has 2 heterocycles. The molecule has 0 spiro atoms. The molecule has 1 atom stereocenters. The molecule has 0 saturated carbocycles. The van der Waals surface area contributed by atoms with Crippen LogP contribution in [0.15, 0.2) is 35.1 Å². The number of amides is 1. The lowest BCUT2D eigenvalue weighted by Crippen LogP contribution is -2.52. The Bertz CT molecular complexity index is 624. The highest BCUT2D eigenvalue weighted by atomic mass is 16.5. The predicted octanol–water partition coefficient (Wildman–Crippen LogP) is 2.23. The van der Waals surface area contributed by atoms with Crippen LogP contribution in [-0.2, 0) is 0 Å². The Labute approximate surface area is 130 Å². The van der Waals surface area contributed by atoms with Crippen LogP contribution >= 0.6 is 0 Å². The van der Waals surface area contributed by atoms with Crippen LogP contribution in [0.2, 0.25) is 0 Å². The number of hydrogen-bond donors (Lipinski definition) is 2. The minimum Gasteiger partial charge on any atom is -0.355 e. The summed E-state index contributed by atoms with van der Waals surface area (Å²) < 4.78 is 5.23. The smallest absolute Gasteiger partial charge is 0.273 e. The second-order valence-corrected chi connectivity index (χ2v) is 6.13. The molecule has 1 unspecified atom stereocenters. The van der Waals surface area contributed by atoms with Gasteiger partial charge in [-0.2, -0.15) is 0 Å². The van der Waals surface area contributed by atoms with Gasteiger partial charge >= 0.3 is 0 Å². The third-order valence-corrected chi connectivity index (χ3v) is 3.43. The number of nitrogens with two attached hydrogens (primary N) is 1. The number of carbonyl (C=O) groups excluding carboxylic acids is 1. The lowest BCUT2D eigenvalue weighted by atomic mass is 9.90. The zero-order chi connectivity index (χ0) is 16.2. The van der Waals surface area contributed by atoms with Crippen LogP contribution in [0.1, 0.15) is 37.7 Å². The number of aromatic nitrogens is 2. The molecular weight excluding hydrogens is 280 g/mol. The van der Waals surface area contributed by atoms with Crippen LogP contribution in [-0.4, -0.2) is 28.1 Å². The zero-order valence-electron chi connectivity index (χ0n) is 13.2. The number of nitrogens with one attached hydrogen (secondary N) is 1. The van der Waals surface area contributed by atoms with Crippen molar-refractivity contribution in [3.8, 4) is 11.3 Å². The van der Waals surface area contributed by atoms with Crippen molar-refractivity contribution in [2.75, 3.05) is 6.54 Å². The molecule has 6 nitrogen and oxygen atoms in total. The Morgan fingerprint density at radius 1 is 1.41 bits per heavy atom. The largest absolute Gasteiger partial charge is 0.355 e. The van der Waals surface area contributed by atoms with E-state index in [1.54, 1.807) is 30.6 Å².